The fraction of sp³-hybridized carbons (Fsp3) is 0.333. The molecule has 82 valence electrons. The van der Waals surface area contributed by atoms with Gasteiger partial charge in [0.05, 0.1) is 11.3 Å². The zero-order valence-electron chi connectivity index (χ0n) is 8.83. The van der Waals surface area contributed by atoms with Crippen LogP contribution in [0.5, 0.6) is 0 Å². The van der Waals surface area contributed by atoms with E-state index >= 15 is 0 Å². The van der Waals surface area contributed by atoms with Crippen LogP contribution in [0.2, 0.25) is 0 Å². The highest BCUT2D eigenvalue weighted by molar-refractivity contribution is 5.96. The Kier molecular flexibility index (Phi) is 3.16. The Morgan fingerprint density at radius 2 is 2.25 bits per heavy atom. The molecule has 0 saturated heterocycles. The third-order valence-electron chi connectivity index (χ3n) is 2.51. The minimum atomic E-state index is -0.396. The number of amidine groups is 1. The lowest BCUT2D eigenvalue weighted by Crippen LogP contribution is -2.16. The van der Waals surface area contributed by atoms with Gasteiger partial charge in [-0.3, -0.25) is 4.99 Å². The highest BCUT2D eigenvalue weighted by atomic mass is 19.1. The summed E-state index contributed by atoms with van der Waals surface area (Å²) < 4.78 is 12.9. The maximum atomic E-state index is 12.9. The maximum Gasteiger partial charge on any atom is 0.124 e. The molecule has 0 saturated carbocycles. The molecule has 0 amide bonds. The average Bonchev–Trinajstić information content (AvgIpc) is 2.33. The van der Waals surface area contributed by atoms with Gasteiger partial charge < -0.3 is 5.32 Å². The molecule has 0 spiro atoms. The van der Waals surface area contributed by atoms with Crippen LogP contribution in [0.1, 0.15) is 24.8 Å². The van der Waals surface area contributed by atoms with Crippen LogP contribution in [-0.2, 0) is 0 Å². The summed E-state index contributed by atoms with van der Waals surface area (Å²) in [7, 11) is 0. The van der Waals surface area contributed by atoms with Gasteiger partial charge in [0.15, 0.2) is 0 Å². The summed E-state index contributed by atoms with van der Waals surface area (Å²) >= 11 is 0. The van der Waals surface area contributed by atoms with Crippen LogP contribution in [0, 0.1) is 17.1 Å². The number of benzene rings is 1. The van der Waals surface area contributed by atoms with Crippen LogP contribution in [0.25, 0.3) is 0 Å². The van der Waals surface area contributed by atoms with Crippen LogP contribution in [0.3, 0.4) is 0 Å². The number of rotatable bonds is 1. The molecule has 4 heteroatoms. The van der Waals surface area contributed by atoms with E-state index in [1.54, 1.807) is 6.07 Å². The molecule has 1 aromatic carbocycles. The minimum Gasteiger partial charge on any atom is -0.343 e. The summed E-state index contributed by atoms with van der Waals surface area (Å²) in [5, 5.41) is 12.0. The lowest BCUT2D eigenvalue weighted by Gasteiger charge is -2.14. The Labute approximate surface area is 93.6 Å². The van der Waals surface area contributed by atoms with Gasteiger partial charge in [0.25, 0.3) is 0 Å². The van der Waals surface area contributed by atoms with Crippen molar-refractivity contribution in [1.82, 2.24) is 0 Å². The summed E-state index contributed by atoms with van der Waals surface area (Å²) in [6.07, 6.45) is 3.11. The van der Waals surface area contributed by atoms with Crippen LogP contribution in [0.15, 0.2) is 23.2 Å². The molecule has 1 aromatic rings. The van der Waals surface area contributed by atoms with Crippen LogP contribution >= 0.6 is 0 Å². The van der Waals surface area contributed by atoms with Gasteiger partial charge in [-0.05, 0) is 31.0 Å². The van der Waals surface area contributed by atoms with Crippen molar-refractivity contribution < 1.29 is 4.39 Å². The lowest BCUT2D eigenvalue weighted by molar-refractivity contribution is 0.627. The normalized spacial score (nSPS) is 15.1. The SMILES string of the molecule is N#Cc1cc(F)ccc1NC1=NCCCC1. The van der Waals surface area contributed by atoms with E-state index in [1.807, 2.05) is 6.07 Å². The third kappa shape index (κ3) is 2.37. The Hall–Kier alpha value is -1.89. The maximum absolute atomic E-state index is 12.9. The Balaban J connectivity index is 2.21. The van der Waals surface area contributed by atoms with Crippen molar-refractivity contribution in [1.29, 1.82) is 5.26 Å². The molecule has 1 N–H and O–H groups in total. The van der Waals surface area contributed by atoms with Gasteiger partial charge in [0.1, 0.15) is 17.7 Å². The second-order valence-corrected chi connectivity index (χ2v) is 3.71. The van der Waals surface area contributed by atoms with Crippen molar-refractivity contribution in [2.45, 2.75) is 19.3 Å². The van der Waals surface area contributed by atoms with Crippen molar-refractivity contribution in [3.05, 3.63) is 29.6 Å². The molecule has 0 unspecified atom stereocenters. The smallest absolute Gasteiger partial charge is 0.124 e. The van der Waals surface area contributed by atoms with E-state index < -0.39 is 5.82 Å². The average molecular weight is 217 g/mol. The van der Waals surface area contributed by atoms with Crippen molar-refractivity contribution in [2.24, 2.45) is 4.99 Å². The molecule has 1 aliphatic heterocycles. The second-order valence-electron chi connectivity index (χ2n) is 3.71. The molecule has 0 atom stereocenters. The standard InChI is InChI=1S/C12H12FN3/c13-10-4-5-11(9(7-10)8-14)16-12-3-1-2-6-15-12/h4-5,7H,1-3,6H2,(H,15,16). The molecule has 1 aliphatic rings. The van der Waals surface area contributed by atoms with Gasteiger partial charge in [0.2, 0.25) is 0 Å². The van der Waals surface area contributed by atoms with Gasteiger partial charge in [-0.25, -0.2) is 4.39 Å². The van der Waals surface area contributed by atoms with Crippen LogP contribution in [-0.4, -0.2) is 12.4 Å². The number of anilines is 1. The zero-order chi connectivity index (χ0) is 11.4. The monoisotopic (exact) mass is 217 g/mol. The lowest BCUT2D eigenvalue weighted by atomic mass is 10.1. The summed E-state index contributed by atoms with van der Waals surface area (Å²) in [5.41, 5.74) is 0.942. The van der Waals surface area contributed by atoms with Crippen molar-refractivity contribution in [2.75, 3.05) is 11.9 Å². The summed E-state index contributed by atoms with van der Waals surface area (Å²) in [6.45, 7) is 0.825. The van der Waals surface area contributed by atoms with E-state index in [0.717, 1.165) is 31.6 Å². The van der Waals surface area contributed by atoms with Crippen LogP contribution < -0.4 is 5.32 Å². The van der Waals surface area contributed by atoms with E-state index in [-0.39, 0.29) is 0 Å². The minimum absolute atomic E-state index is 0.313. The first kappa shape index (κ1) is 10.6. The number of hydrogen-bond acceptors (Lipinski definition) is 3. The number of halogens is 1. The predicted molar refractivity (Wildman–Crippen MR) is 60.9 cm³/mol. The highest BCUT2D eigenvalue weighted by Gasteiger charge is 2.08. The molecule has 0 aromatic heterocycles. The number of hydrogen-bond donors (Lipinski definition) is 1. The largest absolute Gasteiger partial charge is 0.343 e. The molecule has 3 nitrogen and oxygen atoms in total. The van der Waals surface area contributed by atoms with Crippen LogP contribution in [0.4, 0.5) is 10.1 Å². The quantitative estimate of drug-likeness (QED) is 0.786. The van der Waals surface area contributed by atoms with Crippen molar-refractivity contribution in [3.63, 3.8) is 0 Å². The Morgan fingerprint density at radius 1 is 1.38 bits per heavy atom. The van der Waals surface area contributed by atoms with Crippen molar-refractivity contribution >= 4 is 11.5 Å². The van der Waals surface area contributed by atoms with Gasteiger partial charge >= 0.3 is 0 Å². The summed E-state index contributed by atoms with van der Waals surface area (Å²) in [4.78, 5) is 4.32. The Bertz CT molecular complexity index is 460. The van der Waals surface area contributed by atoms with Gasteiger partial charge in [-0.2, -0.15) is 5.26 Å². The fourth-order valence-corrected chi connectivity index (χ4v) is 1.67. The van der Waals surface area contributed by atoms with E-state index in [2.05, 4.69) is 10.3 Å². The van der Waals surface area contributed by atoms with Gasteiger partial charge in [-0.1, -0.05) is 0 Å². The first-order valence-corrected chi connectivity index (χ1v) is 5.29. The molecule has 0 bridgehead atoms. The fourth-order valence-electron chi connectivity index (χ4n) is 1.67. The van der Waals surface area contributed by atoms with Gasteiger partial charge in [-0.15, -0.1) is 0 Å². The highest BCUT2D eigenvalue weighted by Crippen LogP contribution is 2.17. The summed E-state index contributed by atoms with van der Waals surface area (Å²) in [5.74, 6) is 0.488. The molecule has 16 heavy (non-hydrogen) atoms. The number of nitrogens with zero attached hydrogens (tertiary/aromatic N) is 2. The van der Waals surface area contributed by atoms with E-state index in [4.69, 9.17) is 5.26 Å². The third-order valence-corrected chi connectivity index (χ3v) is 2.51. The number of nitriles is 1. The topological polar surface area (TPSA) is 48.2 Å². The van der Waals surface area contributed by atoms with Crippen molar-refractivity contribution in [3.8, 4) is 6.07 Å². The number of nitrogens with one attached hydrogen (secondary N) is 1. The van der Waals surface area contributed by atoms with E-state index in [1.165, 1.54) is 12.1 Å². The van der Waals surface area contributed by atoms with E-state index in [9.17, 15) is 4.39 Å². The second kappa shape index (κ2) is 4.75. The Morgan fingerprint density at radius 3 is 2.94 bits per heavy atom. The molecular formula is C12H12FN3. The van der Waals surface area contributed by atoms with Gasteiger partial charge in [0, 0.05) is 13.0 Å². The molecule has 1 heterocycles. The molecule has 0 fully saturated rings. The number of aliphatic imine (C=N–C) groups is 1. The van der Waals surface area contributed by atoms with E-state index in [0.29, 0.717) is 11.3 Å². The first-order valence-electron chi connectivity index (χ1n) is 5.29. The predicted octanol–water partition coefficient (Wildman–Crippen LogP) is 2.69. The molecular weight excluding hydrogens is 205 g/mol. The molecule has 2 rings (SSSR count). The first-order chi connectivity index (χ1) is 7.79. The molecule has 0 radical (unpaired) electrons. The summed E-state index contributed by atoms with van der Waals surface area (Å²) in [6, 6.07) is 6.11. The zero-order valence-corrected chi connectivity index (χ0v) is 8.83. The molecule has 0 aliphatic carbocycles.